The van der Waals surface area contributed by atoms with E-state index in [1.54, 1.807) is 13.8 Å². The summed E-state index contributed by atoms with van der Waals surface area (Å²) in [5, 5.41) is 39.8. The fourth-order valence-corrected chi connectivity index (χ4v) is 2.39. The highest BCUT2D eigenvalue weighted by atomic mass is 17.0. The van der Waals surface area contributed by atoms with E-state index in [1.807, 2.05) is 0 Å². The third-order valence-corrected chi connectivity index (χ3v) is 3.88. The van der Waals surface area contributed by atoms with Crippen LogP contribution in [0.15, 0.2) is 0 Å². The van der Waals surface area contributed by atoms with Crippen molar-refractivity contribution in [2.24, 2.45) is 0 Å². The number of nitrogens with zero attached hydrogens (tertiary/aromatic N) is 1. The molecule has 2 aliphatic rings. The minimum absolute atomic E-state index is 0.130. The first-order chi connectivity index (χ1) is 10.3. The molecule has 2 saturated heterocycles. The van der Waals surface area contributed by atoms with Crippen molar-refractivity contribution in [2.75, 3.05) is 7.05 Å². The molecule has 9 nitrogen and oxygen atoms in total. The van der Waals surface area contributed by atoms with Crippen LogP contribution in [0, 0.1) is 0 Å². The average Bonchev–Trinajstić information content (AvgIpc) is 2.42. The Labute approximate surface area is 128 Å². The number of hydroxylamine groups is 2. The second-order valence-corrected chi connectivity index (χ2v) is 5.81. The van der Waals surface area contributed by atoms with Gasteiger partial charge < -0.3 is 29.9 Å². The van der Waals surface area contributed by atoms with Gasteiger partial charge in [-0.2, -0.15) is 0 Å². The van der Waals surface area contributed by atoms with E-state index < -0.39 is 49.2 Å². The number of aliphatic hydroxyl groups excluding tert-OH is 4. The summed E-state index contributed by atoms with van der Waals surface area (Å²) in [5.41, 5.74) is 0. The van der Waals surface area contributed by atoms with E-state index in [-0.39, 0.29) is 12.8 Å². The number of aliphatic hydroxyl groups is 4. The van der Waals surface area contributed by atoms with Crippen LogP contribution in [0.5, 0.6) is 0 Å². The Bertz CT molecular complexity index is 327. The van der Waals surface area contributed by atoms with E-state index in [0.717, 1.165) is 5.23 Å². The predicted octanol–water partition coefficient (Wildman–Crippen LogP) is -1.51. The Balaban J connectivity index is 1.83. The van der Waals surface area contributed by atoms with Gasteiger partial charge in [0, 0.05) is 19.9 Å². The molecule has 0 bridgehead atoms. The third-order valence-electron chi connectivity index (χ3n) is 3.88. The molecule has 8 atom stereocenters. The first kappa shape index (κ1) is 18.0. The van der Waals surface area contributed by atoms with Gasteiger partial charge in [-0.15, -0.1) is 0 Å². The summed E-state index contributed by atoms with van der Waals surface area (Å²) in [6.45, 7) is 3.34. The summed E-state index contributed by atoms with van der Waals surface area (Å²) >= 11 is 0. The van der Waals surface area contributed by atoms with Gasteiger partial charge in [0.2, 0.25) is 12.6 Å². The van der Waals surface area contributed by atoms with E-state index in [2.05, 4.69) is 0 Å². The van der Waals surface area contributed by atoms with Crippen molar-refractivity contribution in [3.8, 4) is 0 Å². The van der Waals surface area contributed by atoms with Crippen molar-refractivity contribution in [3.05, 3.63) is 0 Å². The maximum atomic E-state index is 9.83. The molecule has 0 unspecified atom stereocenters. The Kier molecular flexibility index (Phi) is 6.11. The van der Waals surface area contributed by atoms with Crippen molar-refractivity contribution in [3.63, 3.8) is 0 Å². The zero-order chi connectivity index (χ0) is 16.4. The molecule has 2 aliphatic heterocycles. The first-order valence-corrected chi connectivity index (χ1v) is 7.38. The Morgan fingerprint density at radius 2 is 1.14 bits per heavy atom. The molecule has 0 aliphatic carbocycles. The molecule has 0 saturated carbocycles. The van der Waals surface area contributed by atoms with Gasteiger partial charge in [0.25, 0.3) is 0 Å². The molecule has 2 heterocycles. The summed E-state index contributed by atoms with van der Waals surface area (Å²) in [5.74, 6) is 0. The van der Waals surface area contributed by atoms with Gasteiger partial charge >= 0.3 is 0 Å². The molecule has 9 heteroatoms. The molecule has 2 rings (SSSR count). The zero-order valence-corrected chi connectivity index (χ0v) is 12.9. The molecular formula is C13H25NO8. The van der Waals surface area contributed by atoms with Crippen LogP contribution in [0.2, 0.25) is 0 Å². The first-order valence-electron chi connectivity index (χ1n) is 7.38. The van der Waals surface area contributed by atoms with Crippen molar-refractivity contribution < 1.29 is 39.6 Å². The van der Waals surface area contributed by atoms with Gasteiger partial charge in [-0.3, -0.25) is 0 Å². The van der Waals surface area contributed by atoms with E-state index in [4.69, 9.17) is 19.1 Å². The summed E-state index contributed by atoms with van der Waals surface area (Å²) < 4.78 is 10.7. The van der Waals surface area contributed by atoms with Crippen LogP contribution >= 0.6 is 0 Å². The van der Waals surface area contributed by atoms with Crippen molar-refractivity contribution in [2.45, 2.75) is 75.9 Å². The molecule has 0 spiro atoms. The summed E-state index contributed by atoms with van der Waals surface area (Å²) in [6.07, 6.45) is -6.21. The second kappa shape index (κ2) is 7.47. The second-order valence-electron chi connectivity index (χ2n) is 5.81. The van der Waals surface area contributed by atoms with Gasteiger partial charge in [-0.05, 0) is 13.8 Å². The van der Waals surface area contributed by atoms with Gasteiger partial charge in [0.1, 0.15) is 12.2 Å². The smallest absolute Gasteiger partial charge is 0.206 e. The highest BCUT2D eigenvalue weighted by Crippen LogP contribution is 2.24. The molecule has 0 aromatic rings. The third kappa shape index (κ3) is 4.34. The van der Waals surface area contributed by atoms with Gasteiger partial charge in [0.05, 0.1) is 24.4 Å². The Morgan fingerprint density at radius 1 is 0.773 bits per heavy atom. The lowest BCUT2D eigenvalue weighted by molar-refractivity contribution is -0.474. The monoisotopic (exact) mass is 323 g/mol. The molecule has 0 aromatic carbocycles. The van der Waals surface area contributed by atoms with Crippen molar-refractivity contribution >= 4 is 0 Å². The molecular weight excluding hydrogens is 298 g/mol. The maximum absolute atomic E-state index is 9.83. The molecule has 4 N–H and O–H groups in total. The SMILES string of the molecule is C[C@H]1O[C@H](ON(C)O[C@H]2O[C@H](C)[C@@H](O)C[C@@H]2O)[C@@H](O)C[C@@H]1O. The highest BCUT2D eigenvalue weighted by Gasteiger charge is 2.38. The minimum Gasteiger partial charge on any atom is -0.390 e. The molecule has 0 amide bonds. The molecule has 2 fully saturated rings. The van der Waals surface area contributed by atoms with E-state index in [9.17, 15) is 20.4 Å². The largest absolute Gasteiger partial charge is 0.390 e. The van der Waals surface area contributed by atoms with Crippen LogP contribution in [-0.2, 0) is 19.1 Å². The maximum Gasteiger partial charge on any atom is 0.206 e. The lowest BCUT2D eigenvalue weighted by Crippen LogP contribution is -2.52. The fourth-order valence-electron chi connectivity index (χ4n) is 2.39. The average molecular weight is 323 g/mol. The molecule has 0 radical (unpaired) electrons. The van der Waals surface area contributed by atoms with Crippen molar-refractivity contribution in [1.82, 2.24) is 5.23 Å². The van der Waals surface area contributed by atoms with E-state index >= 15 is 0 Å². The van der Waals surface area contributed by atoms with Crippen LogP contribution in [0.25, 0.3) is 0 Å². The Morgan fingerprint density at radius 3 is 1.50 bits per heavy atom. The van der Waals surface area contributed by atoms with Crippen LogP contribution in [-0.4, -0.2) is 81.9 Å². The van der Waals surface area contributed by atoms with Crippen molar-refractivity contribution in [1.29, 1.82) is 0 Å². The topological polar surface area (TPSA) is 121 Å². The lowest BCUT2D eigenvalue weighted by atomic mass is 10.0. The molecule has 130 valence electrons. The number of ether oxygens (including phenoxy) is 2. The summed E-state index contributed by atoms with van der Waals surface area (Å²) in [6, 6.07) is 0. The zero-order valence-electron chi connectivity index (χ0n) is 12.9. The normalized spacial score (nSPS) is 46.9. The minimum atomic E-state index is -1.00. The van der Waals surface area contributed by atoms with E-state index in [0.29, 0.717) is 0 Å². The van der Waals surface area contributed by atoms with Gasteiger partial charge in [0.15, 0.2) is 0 Å². The quantitative estimate of drug-likeness (QED) is 0.458. The van der Waals surface area contributed by atoms with Gasteiger partial charge in [-0.1, -0.05) is 5.23 Å². The number of rotatable bonds is 4. The standard InChI is InChI=1S/C13H25NO8/c1-6-8(15)4-10(17)12(19-6)21-14(3)22-13-11(18)5-9(16)7(2)20-13/h6-13,15-18H,4-5H2,1-3H3/t6-,7-,8+,9+,10+,11+,12-,13-/m1/s1. The summed E-state index contributed by atoms with van der Waals surface area (Å²) in [7, 11) is 1.43. The van der Waals surface area contributed by atoms with E-state index in [1.165, 1.54) is 7.05 Å². The lowest BCUT2D eigenvalue weighted by Gasteiger charge is -2.39. The Hall–Kier alpha value is -0.360. The van der Waals surface area contributed by atoms with Crippen LogP contribution < -0.4 is 0 Å². The molecule has 0 aromatic heterocycles. The number of hydrogen-bond donors (Lipinski definition) is 4. The predicted molar refractivity (Wildman–Crippen MR) is 71.9 cm³/mol. The molecule has 22 heavy (non-hydrogen) atoms. The van der Waals surface area contributed by atoms with Crippen LogP contribution in [0.1, 0.15) is 26.7 Å². The number of hydrogen-bond acceptors (Lipinski definition) is 9. The van der Waals surface area contributed by atoms with Crippen LogP contribution in [0.3, 0.4) is 0 Å². The van der Waals surface area contributed by atoms with Crippen LogP contribution in [0.4, 0.5) is 0 Å². The van der Waals surface area contributed by atoms with Gasteiger partial charge in [-0.25, -0.2) is 9.68 Å². The highest BCUT2D eigenvalue weighted by molar-refractivity contribution is 4.79. The fraction of sp³-hybridized carbons (Fsp3) is 1.00. The summed E-state index contributed by atoms with van der Waals surface area (Å²) in [4.78, 5) is 10.6.